The summed E-state index contributed by atoms with van der Waals surface area (Å²) in [5.74, 6) is -2.29. The maximum atomic E-state index is 14.3. The molecule has 0 spiro atoms. The monoisotopic (exact) mass is 1270 g/mol. The third-order valence-corrected chi connectivity index (χ3v) is 18.5. The Balaban J connectivity index is 0.832. The Bertz CT molecular complexity index is 4170. The van der Waals surface area contributed by atoms with Crippen LogP contribution in [-0.4, -0.2) is 125 Å². The molecule has 10 rings (SSSR count). The van der Waals surface area contributed by atoms with Crippen molar-refractivity contribution in [2.75, 3.05) is 71.6 Å². The van der Waals surface area contributed by atoms with E-state index >= 15 is 0 Å². The van der Waals surface area contributed by atoms with Gasteiger partial charge in [0.25, 0.3) is 23.2 Å². The average Bonchev–Trinajstić information content (AvgIpc) is 1.78. The van der Waals surface area contributed by atoms with Crippen molar-refractivity contribution in [2.24, 2.45) is 0 Å². The van der Waals surface area contributed by atoms with E-state index in [1.54, 1.807) is 36.4 Å². The van der Waals surface area contributed by atoms with Gasteiger partial charge in [-0.3, -0.25) is 38.9 Å². The zero-order valence-corrected chi connectivity index (χ0v) is 47.7. The zero-order chi connectivity index (χ0) is 60.4. The van der Waals surface area contributed by atoms with Crippen molar-refractivity contribution in [1.29, 1.82) is 0 Å². The van der Waals surface area contributed by atoms with Crippen LogP contribution in [0.15, 0.2) is 107 Å². The number of non-ortho nitro benzene ring substituents is 2. The standard InChI is InChI=1S/C49H44Cl2N10O19P2S2/c50-21-27-23-58(43-19-41(60(65)66)35-17-31(3-5-33(35)45(27)43)83(75,76)52-9-11-79-81(69,70)71)47(62)39-15-25-13-29(1-7-37(25)56-39)54-49(64)55-30-2-8-38-26(14-30)16-40(57-38)48(63)59-24-28(22-51)46-34-6-4-32(18-36(34)42(61(67)68)20-44(46)59)84(77,78)53-10-12-80-82(72,73)74/h1-8,13-20,27-28,52-53,56-57H,9-12,21-24H2,(H2,54,55,64)(H2,69,70,71)(H2,72,73,74). The highest BCUT2D eigenvalue weighted by Gasteiger charge is 2.39. The molecule has 0 bridgehead atoms. The molecule has 0 fully saturated rings. The number of aromatic nitrogens is 2. The summed E-state index contributed by atoms with van der Waals surface area (Å²) < 4.78 is 87.2. The third-order valence-electron chi connectivity index (χ3n) is 13.8. The Kier molecular flexibility index (Phi) is 16.2. The predicted octanol–water partition coefficient (Wildman–Crippen LogP) is 7.16. The van der Waals surface area contributed by atoms with Crippen molar-refractivity contribution in [3.05, 3.63) is 140 Å². The molecule has 2 aliphatic rings. The number of halogens is 2. The molecule has 4 heterocycles. The Morgan fingerprint density at radius 1 is 0.595 bits per heavy atom. The molecule has 6 aromatic carbocycles. The first-order chi connectivity index (χ1) is 39.6. The number of amides is 4. The summed E-state index contributed by atoms with van der Waals surface area (Å²) in [6.07, 6.45) is 0. The van der Waals surface area contributed by atoms with Gasteiger partial charge in [0, 0.05) is 95.1 Å². The largest absolute Gasteiger partial charge is 0.469 e. The second-order valence-corrected chi connectivity index (χ2v) is 25.7. The van der Waals surface area contributed by atoms with Crippen molar-refractivity contribution in [3.8, 4) is 0 Å². The Labute approximate surface area is 483 Å². The van der Waals surface area contributed by atoms with Crippen molar-refractivity contribution in [2.45, 2.75) is 21.6 Å². The van der Waals surface area contributed by atoms with E-state index < -0.39 is 113 Å². The summed E-state index contributed by atoms with van der Waals surface area (Å²) in [6.45, 7) is -2.37. The number of benzene rings is 6. The molecule has 0 radical (unpaired) electrons. The molecule has 35 heteroatoms. The molecule has 84 heavy (non-hydrogen) atoms. The number of anilines is 4. The van der Waals surface area contributed by atoms with Crippen LogP contribution in [0, 0.1) is 20.2 Å². The van der Waals surface area contributed by atoms with Gasteiger partial charge in [-0.25, -0.2) is 40.2 Å². The molecule has 0 saturated carbocycles. The van der Waals surface area contributed by atoms with Crippen molar-refractivity contribution in [1.82, 2.24) is 19.4 Å². The van der Waals surface area contributed by atoms with Gasteiger partial charge >= 0.3 is 21.7 Å². The number of nitrogens with one attached hydrogen (secondary N) is 6. The van der Waals surface area contributed by atoms with Crippen LogP contribution in [0.4, 0.5) is 38.9 Å². The SMILES string of the molecule is O=C(Nc1ccc2[nH]c(C(=O)N3CC(CCl)c4c3cc([N+](=O)[O-])c3cc(S(=O)(=O)NCCOP(=O)(O)O)ccc43)cc2c1)Nc1ccc2[nH]c(C(=O)N3CC(CCl)c4c3cc([N+](=O)[O-])c3cc(S(=O)(=O)NCCOP(=O)(O)O)ccc43)cc2c1. The fourth-order valence-corrected chi connectivity index (χ4v) is 13.5. The average molecular weight is 1270 g/mol. The topological polar surface area (TPSA) is 425 Å². The Hall–Kier alpha value is -7.45. The maximum absolute atomic E-state index is 14.3. The molecule has 2 atom stereocenters. The molecular formula is C49H44Cl2N10O19P2S2. The van der Waals surface area contributed by atoms with E-state index in [0.717, 1.165) is 12.1 Å². The lowest BCUT2D eigenvalue weighted by molar-refractivity contribution is -0.383. The fourth-order valence-electron chi connectivity index (χ4n) is 10.3. The Morgan fingerprint density at radius 2 is 0.988 bits per heavy atom. The number of aromatic amines is 2. The highest BCUT2D eigenvalue weighted by Crippen LogP contribution is 2.48. The quantitative estimate of drug-likeness (QED) is 0.0119. The van der Waals surface area contributed by atoms with Gasteiger partial charge in [-0.1, -0.05) is 12.1 Å². The molecule has 440 valence electrons. The van der Waals surface area contributed by atoms with Crippen LogP contribution < -0.4 is 29.9 Å². The number of nitro groups is 2. The first-order valence-electron chi connectivity index (χ1n) is 24.6. The summed E-state index contributed by atoms with van der Waals surface area (Å²) in [4.78, 5) is 109. The summed E-state index contributed by atoms with van der Waals surface area (Å²) >= 11 is 12.8. The number of phosphoric acid groups is 2. The molecule has 2 aromatic heterocycles. The number of rotatable bonds is 20. The second kappa shape index (κ2) is 22.9. The lowest BCUT2D eigenvalue weighted by Crippen LogP contribution is -2.30. The zero-order valence-electron chi connectivity index (χ0n) is 42.7. The second-order valence-electron chi connectivity index (χ2n) is 19.1. The van der Waals surface area contributed by atoms with Gasteiger partial charge < -0.3 is 50.0 Å². The van der Waals surface area contributed by atoms with Crippen LogP contribution in [-0.2, 0) is 38.2 Å². The lowest BCUT2D eigenvalue weighted by atomic mass is 9.95. The van der Waals surface area contributed by atoms with E-state index in [9.17, 15) is 60.6 Å². The number of nitrogens with zero attached hydrogens (tertiary/aromatic N) is 4. The summed E-state index contributed by atoms with van der Waals surface area (Å²) in [7, 11) is -18.4. The molecule has 0 aliphatic carbocycles. The molecule has 29 nitrogen and oxygen atoms in total. The number of hydrogen-bond donors (Lipinski definition) is 10. The number of fused-ring (bicyclic) bond motifs is 8. The number of nitro benzene ring substituents is 2. The summed E-state index contributed by atoms with van der Waals surface area (Å²) in [6, 6.07) is 21.6. The summed E-state index contributed by atoms with van der Waals surface area (Å²) in [5.41, 5.74) is 2.03. The number of carbonyl (C=O) groups is 3. The molecule has 0 saturated heterocycles. The number of carbonyl (C=O) groups excluding carboxylic acids is 3. The number of hydrogen-bond acceptors (Lipinski definition) is 15. The van der Waals surface area contributed by atoms with Gasteiger partial charge in [0.2, 0.25) is 20.0 Å². The third kappa shape index (κ3) is 12.1. The molecule has 2 aliphatic heterocycles. The number of sulfonamides is 2. The van der Waals surface area contributed by atoms with Crippen LogP contribution >= 0.6 is 38.8 Å². The normalized spacial score (nSPS) is 15.5. The minimum Gasteiger partial charge on any atom is -0.351 e. The van der Waals surface area contributed by atoms with Crippen molar-refractivity contribution in [3.63, 3.8) is 0 Å². The highest BCUT2D eigenvalue weighted by molar-refractivity contribution is 7.89. The molecule has 2 unspecified atom stereocenters. The van der Waals surface area contributed by atoms with Gasteiger partial charge in [-0.05, 0) is 94.7 Å². The van der Waals surface area contributed by atoms with Crippen LogP contribution in [0.2, 0.25) is 0 Å². The molecular weight excluding hydrogens is 1230 g/mol. The molecule has 4 amide bonds. The number of alkyl halides is 2. The summed E-state index contributed by atoms with van der Waals surface area (Å²) in [5, 5.41) is 31.9. The molecule has 10 N–H and O–H groups in total. The minimum atomic E-state index is -4.87. The number of phosphoric ester groups is 2. The van der Waals surface area contributed by atoms with E-state index in [4.69, 9.17) is 42.8 Å². The molecule has 8 aromatic rings. The van der Waals surface area contributed by atoms with E-state index in [1.807, 2.05) is 0 Å². The number of urea groups is 1. The Morgan fingerprint density at radius 3 is 1.35 bits per heavy atom. The van der Waals surface area contributed by atoms with Crippen LogP contribution in [0.25, 0.3) is 43.4 Å². The van der Waals surface area contributed by atoms with Gasteiger partial charge in [0.1, 0.15) is 11.4 Å². The van der Waals surface area contributed by atoms with Crippen LogP contribution in [0.5, 0.6) is 0 Å². The van der Waals surface area contributed by atoms with Gasteiger partial charge in [-0.2, -0.15) is 0 Å². The van der Waals surface area contributed by atoms with Gasteiger partial charge in [0.15, 0.2) is 0 Å². The van der Waals surface area contributed by atoms with Crippen LogP contribution in [0.1, 0.15) is 43.9 Å². The lowest BCUT2D eigenvalue weighted by Gasteiger charge is -2.17. The van der Waals surface area contributed by atoms with E-state index in [2.05, 4.69) is 39.1 Å². The van der Waals surface area contributed by atoms with Crippen molar-refractivity contribution >= 4 is 154 Å². The van der Waals surface area contributed by atoms with Crippen molar-refractivity contribution < 1.29 is 78.8 Å². The highest BCUT2D eigenvalue weighted by atomic mass is 35.5. The maximum Gasteiger partial charge on any atom is 0.469 e. The number of H-pyrrole nitrogens is 2. The first-order valence-corrected chi connectivity index (χ1v) is 31.7. The van der Waals surface area contributed by atoms with E-state index in [1.165, 1.54) is 58.3 Å². The fraction of sp³-hybridized carbons (Fsp3) is 0.204. The smallest absolute Gasteiger partial charge is 0.351 e. The van der Waals surface area contributed by atoms with E-state index in [0.29, 0.717) is 44.3 Å². The predicted molar refractivity (Wildman–Crippen MR) is 307 cm³/mol. The first kappa shape index (κ1) is 59.7. The minimum absolute atomic E-state index is 0.00473. The van der Waals surface area contributed by atoms with Gasteiger partial charge in [-0.15, -0.1) is 23.2 Å². The van der Waals surface area contributed by atoms with Gasteiger partial charge in [0.05, 0.1) is 55.0 Å². The van der Waals surface area contributed by atoms with Crippen LogP contribution in [0.3, 0.4) is 0 Å². The van der Waals surface area contributed by atoms with E-state index in [-0.39, 0.29) is 78.9 Å².